The Labute approximate surface area is 92.1 Å². The quantitative estimate of drug-likeness (QED) is 0.414. The third-order valence-corrected chi connectivity index (χ3v) is 2.27. The number of phenolic OH excluding ortho intramolecular Hbond substituents is 1. The zero-order chi connectivity index (χ0) is 12.3. The van der Waals surface area contributed by atoms with Crippen molar-refractivity contribution in [2.75, 3.05) is 0 Å². The summed E-state index contributed by atoms with van der Waals surface area (Å²) in [7, 11) is -1.88. The Morgan fingerprint density at radius 2 is 1.75 bits per heavy atom. The molecule has 6 nitrogen and oxygen atoms in total. The maximum Gasteiger partial charge on any atom is 0.461 e. The van der Waals surface area contributed by atoms with Crippen LogP contribution in [0.25, 0.3) is 0 Å². The van der Waals surface area contributed by atoms with Crippen molar-refractivity contribution in [2.24, 2.45) is 5.73 Å². The second-order valence-corrected chi connectivity index (χ2v) is 3.39. The molecule has 7 heteroatoms. The Balaban J connectivity index is 3.03. The zero-order valence-electron chi connectivity index (χ0n) is 8.32. The molecule has 0 spiro atoms. The molecule has 1 rings (SSSR count). The first-order valence-corrected chi connectivity index (χ1v) is 4.57. The molecule has 0 fully saturated rings. The second-order valence-electron chi connectivity index (χ2n) is 3.39. The Kier molecular flexibility index (Phi) is 3.89. The molecule has 2 atom stereocenters. The van der Waals surface area contributed by atoms with E-state index in [4.69, 9.17) is 26.0 Å². The lowest BCUT2D eigenvalue weighted by Crippen LogP contribution is -2.44. The predicted molar refractivity (Wildman–Crippen MR) is 56.7 cm³/mol. The summed E-state index contributed by atoms with van der Waals surface area (Å²) in [6.45, 7) is 0. The maximum atomic E-state index is 10.7. The molecule has 0 saturated carbocycles. The lowest BCUT2D eigenvalue weighted by Gasteiger charge is -2.20. The van der Waals surface area contributed by atoms with Crippen molar-refractivity contribution in [1.82, 2.24) is 0 Å². The van der Waals surface area contributed by atoms with Crippen molar-refractivity contribution in [3.8, 4) is 5.75 Å². The minimum Gasteiger partial charge on any atom is -0.508 e. The normalized spacial score (nSPS) is 14.2. The van der Waals surface area contributed by atoms with Crippen LogP contribution in [0, 0.1) is 0 Å². The van der Waals surface area contributed by atoms with E-state index in [-0.39, 0.29) is 5.75 Å². The average molecular weight is 225 g/mol. The van der Waals surface area contributed by atoms with Crippen LogP contribution in [0.5, 0.6) is 5.75 Å². The highest BCUT2D eigenvalue weighted by atomic mass is 16.4. The van der Waals surface area contributed by atoms with E-state index in [9.17, 15) is 4.79 Å². The molecule has 0 radical (unpaired) electrons. The van der Waals surface area contributed by atoms with Crippen molar-refractivity contribution >= 4 is 13.1 Å². The van der Waals surface area contributed by atoms with Gasteiger partial charge in [-0.3, -0.25) is 4.79 Å². The van der Waals surface area contributed by atoms with Crippen LogP contribution >= 0.6 is 0 Å². The molecule has 0 heterocycles. The molecule has 0 aliphatic carbocycles. The SMILES string of the molecule is N[C@H](C(=O)O)C(B(O)O)c1ccc(O)cc1. The van der Waals surface area contributed by atoms with Gasteiger partial charge in [-0.05, 0) is 17.7 Å². The minimum absolute atomic E-state index is 0.00109. The number of carbonyl (C=O) groups is 1. The summed E-state index contributed by atoms with van der Waals surface area (Å²) in [5.41, 5.74) is 5.69. The maximum absolute atomic E-state index is 10.7. The third-order valence-electron chi connectivity index (χ3n) is 2.27. The van der Waals surface area contributed by atoms with Gasteiger partial charge >= 0.3 is 13.1 Å². The van der Waals surface area contributed by atoms with Gasteiger partial charge in [0, 0.05) is 5.82 Å². The van der Waals surface area contributed by atoms with Crippen molar-refractivity contribution in [2.45, 2.75) is 11.9 Å². The van der Waals surface area contributed by atoms with E-state index in [1.807, 2.05) is 0 Å². The number of hydrogen-bond acceptors (Lipinski definition) is 5. The van der Waals surface area contributed by atoms with Crippen LogP contribution in [0.3, 0.4) is 0 Å². The topological polar surface area (TPSA) is 124 Å². The molecule has 16 heavy (non-hydrogen) atoms. The fraction of sp³-hybridized carbons (Fsp3) is 0.222. The van der Waals surface area contributed by atoms with Crippen LogP contribution in [0.2, 0.25) is 0 Å². The molecule has 86 valence electrons. The molecule has 0 amide bonds. The highest BCUT2D eigenvalue weighted by Gasteiger charge is 2.35. The Hall–Kier alpha value is -1.57. The van der Waals surface area contributed by atoms with Crippen molar-refractivity contribution < 1.29 is 25.1 Å². The average Bonchev–Trinajstić information content (AvgIpc) is 2.20. The fourth-order valence-corrected chi connectivity index (χ4v) is 1.42. The van der Waals surface area contributed by atoms with Crippen LogP contribution in [0.4, 0.5) is 0 Å². The Morgan fingerprint density at radius 3 is 2.12 bits per heavy atom. The molecule has 0 aliphatic heterocycles. The minimum atomic E-state index is -1.88. The Bertz CT molecular complexity index is 367. The second kappa shape index (κ2) is 4.97. The smallest absolute Gasteiger partial charge is 0.461 e. The number of hydrogen-bond donors (Lipinski definition) is 5. The van der Waals surface area contributed by atoms with E-state index in [2.05, 4.69) is 0 Å². The van der Waals surface area contributed by atoms with Crippen molar-refractivity contribution in [1.29, 1.82) is 0 Å². The summed E-state index contributed by atoms with van der Waals surface area (Å²) in [6.07, 6.45) is 0. The summed E-state index contributed by atoms with van der Waals surface area (Å²) in [4.78, 5) is 10.7. The summed E-state index contributed by atoms with van der Waals surface area (Å²) >= 11 is 0. The van der Waals surface area contributed by atoms with E-state index < -0.39 is 24.9 Å². The van der Waals surface area contributed by atoms with E-state index in [0.29, 0.717) is 5.56 Å². The largest absolute Gasteiger partial charge is 0.508 e. The number of nitrogens with two attached hydrogens (primary N) is 1. The molecule has 0 bridgehead atoms. The molecule has 0 aliphatic rings. The monoisotopic (exact) mass is 225 g/mol. The number of aromatic hydroxyl groups is 1. The van der Waals surface area contributed by atoms with Gasteiger partial charge in [0.15, 0.2) is 0 Å². The van der Waals surface area contributed by atoms with E-state index >= 15 is 0 Å². The van der Waals surface area contributed by atoms with E-state index in [1.165, 1.54) is 24.3 Å². The lowest BCUT2D eigenvalue weighted by molar-refractivity contribution is -0.138. The standard InChI is InChI=1S/C9H12BNO5/c11-8(9(13)14)7(10(15)16)5-1-3-6(12)4-2-5/h1-4,7-8,12,15-16H,11H2,(H,13,14)/t7?,8-/m0/s1. The first-order valence-electron chi connectivity index (χ1n) is 4.57. The molecule has 0 aromatic heterocycles. The van der Waals surface area contributed by atoms with Gasteiger partial charge in [0.05, 0.1) is 0 Å². The predicted octanol–water partition coefficient (Wildman–Crippen LogP) is -1.10. The summed E-state index contributed by atoms with van der Waals surface area (Å²) < 4.78 is 0. The number of rotatable bonds is 4. The van der Waals surface area contributed by atoms with Crippen LogP contribution in [0.1, 0.15) is 11.4 Å². The number of phenols is 1. The van der Waals surface area contributed by atoms with Crippen LogP contribution < -0.4 is 5.73 Å². The van der Waals surface area contributed by atoms with Crippen molar-refractivity contribution in [3.63, 3.8) is 0 Å². The van der Waals surface area contributed by atoms with Crippen LogP contribution in [-0.4, -0.2) is 39.4 Å². The molecular weight excluding hydrogens is 213 g/mol. The van der Waals surface area contributed by atoms with Gasteiger partial charge in [-0.25, -0.2) is 0 Å². The van der Waals surface area contributed by atoms with E-state index in [0.717, 1.165) is 0 Å². The number of aliphatic carboxylic acids is 1. The molecule has 0 saturated heterocycles. The molecule has 1 aromatic carbocycles. The fourth-order valence-electron chi connectivity index (χ4n) is 1.42. The van der Waals surface area contributed by atoms with Gasteiger partial charge in [-0.15, -0.1) is 0 Å². The highest BCUT2D eigenvalue weighted by Crippen LogP contribution is 2.22. The highest BCUT2D eigenvalue weighted by molar-refractivity contribution is 6.44. The van der Waals surface area contributed by atoms with Gasteiger partial charge in [0.25, 0.3) is 0 Å². The molecule has 1 unspecified atom stereocenters. The van der Waals surface area contributed by atoms with Gasteiger partial charge in [0.2, 0.25) is 0 Å². The summed E-state index contributed by atoms with van der Waals surface area (Å²) in [6, 6.07) is 3.99. The third kappa shape index (κ3) is 2.72. The number of benzene rings is 1. The first-order chi connectivity index (χ1) is 7.43. The molecular formula is C9H12BNO5. The Morgan fingerprint density at radius 1 is 1.25 bits per heavy atom. The summed E-state index contributed by atoms with van der Waals surface area (Å²) in [5, 5.41) is 36.0. The van der Waals surface area contributed by atoms with E-state index in [1.54, 1.807) is 0 Å². The lowest BCUT2D eigenvalue weighted by atomic mass is 9.65. The zero-order valence-corrected chi connectivity index (χ0v) is 8.32. The molecule has 6 N–H and O–H groups in total. The van der Waals surface area contributed by atoms with Gasteiger partial charge < -0.3 is 26.0 Å². The number of carboxylic acids is 1. The van der Waals surface area contributed by atoms with Crippen LogP contribution in [0.15, 0.2) is 24.3 Å². The van der Waals surface area contributed by atoms with Gasteiger partial charge in [-0.1, -0.05) is 12.1 Å². The first kappa shape index (κ1) is 12.5. The van der Waals surface area contributed by atoms with Crippen molar-refractivity contribution in [3.05, 3.63) is 29.8 Å². The number of carboxylic acid groups (broad SMARTS) is 1. The van der Waals surface area contributed by atoms with Gasteiger partial charge in [0.1, 0.15) is 11.8 Å². The molecule has 1 aromatic rings. The summed E-state index contributed by atoms with van der Waals surface area (Å²) in [5.74, 6) is -2.47. The van der Waals surface area contributed by atoms with Crippen LogP contribution in [-0.2, 0) is 4.79 Å². The van der Waals surface area contributed by atoms with Gasteiger partial charge in [-0.2, -0.15) is 0 Å².